The highest BCUT2D eigenvalue weighted by Crippen LogP contribution is 2.32. The van der Waals surface area contributed by atoms with Crippen molar-refractivity contribution in [2.45, 2.75) is 38.8 Å². The van der Waals surface area contributed by atoms with Gasteiger partial charge >= 0.3 is 6.03 Å². The van der Waals surface area contributed by atoms with Gasteiger partial charge in [-0.25, -0.2) is 9.78 Å². The number of aromatic nitrogens is 1. The molecule has 4 rings (SSSR count). The van der Waals surface area contributed by atoms with Gasteiger partial charge in [0, 0.05) is 57.4 Å². The molecule has 1 atom stereocenters. The molecule has 8 nitrogen and oxygen atoms in total. The maximum atomic E-state index is 13.2. The first-order valence-electron chi connectivity index (χ1n) is 11.6. The molecule has 0 radical (unpaired) electrons. The number of hydrogen-bond acceptors (Lipinski definition) is 6. The van der Waals surface area contributed by atoms with Crippen molar-refractivity contribution in [3.63, 3.8) is 0 Å². The van der Waals surface area contributed by atoms with Gasteiger partial charge in [0.1, 0.15) is 11.7 Å². The molecule has 2 aliphatic heterocycles. The van der Waals surface area contributed by atoms with Gasteiger partial charge in [0.15, 0.2) is 0 Å². The largest absolute Gasteiger partial charge is 0.469 e. The summed E-state index contributed by atoms with van der Waals surface area (Å²) in [5, 5.41) is 12.8. The molecular weight excluding hydrogens is 416 g/mol. The minimum atomic E-state index is -0.504. The number of carbonyl (C=O) groups is 1. The van der Waals surface area contributed by atoms with E-state index in [0.717, 1.165) is 31.9 Å². The van der Waals surface area contributed by atoms with Gasteiger partial charge < -0.3 is 19.9 Å². The number of piperazine rings is 1. The standard InChI is InChI=1S/C25H32N6O2/c1-19(2)29-13-15-30(16-14-29)21-8-6-7-20(17-26)23(21)28-24(32)31-12-10-25(3,18-31)33-22-9-4-5-11-27-22/h4-9,11,19H,10,12-16,18H2,1-3H3,(H,28,32)/t25-/m0/s1. The third-order valence-corrected chi connectivity index (χ3v) is 6.49. The summed E-state index contributed by atoms with van der Waals surface area (Å²) in [6.45, 7) is 11.1. The number of pyridine rings is 1. The molecular formula is C25H32N6O2. The Morgan fingerprint density at radius 2 is 1.94 bits per heavy atom. The molecule has 3 heterocycles. The molecule has 0 bridgehead atoms. The van der Waals surface area contributed by atoms with Gasteiger partial charge in [0.2, 0.25) is 5.88 Å². The number of hydrogen-bond donors (Lipinski definition) is 1. The zero-order valence-corrected chi connectivity index (χ0v) is 19.6. The Balaban J connectivity index is 1.46. The summed E-state index contributed by atoms with van der Waals surface area (Å²) in [6, 6.07) is 13.7. The molecule has 0 spiro atoms. The highest BCUT2D eigenvalue weighted by molar-refractivity contribution is 5.95. The lowest BCUT2D eigenvalue weighted by molar-refractivity contribution is 0.0945. The van der Waals surface area contributed by atoms with Crippen molar-refractivity contribution in [1.82, 2.24) is 14.8 Å². The summed E-state index contributed by atoms with van der Waals surface area (Å²) in [5.41, 5.74) is 1.45. The SMILES string of the molecule is CC(C)N1CCN(c2cccc(C#N)c2NC(=O)N2CC[C@](C)(Oc3ccccn3)C2)CC1. The summed E-state index contributed by atoms with van der Waals surface area (Å²) in [6.07, 6.45) is 2.40. The van der Waals surface area contributed by atoms with Crippen LogP contribution in [0.2, 0.25) is 0 Å². The Hall–Kier alpha value is -3.31. The lowest BCUT2D eigenvalue weighted by Gasteiger charge is -2.39. The fraction of sp³-hybridized carbons (Fsp3) is 0.480. The minimum absolute atomic E-state index is 0.215. The summed E-state index contributed by atoms with van der Waals surface area (Å²) in [5.74, 6) is 0.555. The predicted molar refractivity (Wildman–Crippen MR) is 129 cm³/mol. The average molecular weight is 449 g/mol. The Bertz CT molecular complexity index is 1010. The number of ether oxygens (including phenoxy) is 1. The van der Waals surface area contributed by atoms with Gasteiger partial charge in [-0.1, -0.05) is 12.1 Å². The van der Waals surface area contributed by atoms with E-state index in [4.69, 9.17) is 4.74 Å². The van der Waals surface area contributed by atoms with Crippen LogP contribution < -0.4 is 15.0 Å². The smallest absolute Gasteiger partial charge is 0.322 e. The maximum absolute atomic E-state index is 13.2. The molecule has 1 aromatic carbocycles. The molecule has 2 aromatic rings. The van der Waals surface area contributed by atoms with Crippen molar-refractivity contribution in [3.05, 3.63) is 48.2 Å². The molecule has 0 aliphatic carbocycles. The van der Waals surface area contributed by atoms with Crippen molar-refractivity contribution in [2.24, 2.45) is 0 Å². The van der Waals surface area contributed by atoms with Crippen LogP contribution >= 0.6 is 0 Å². The molecule has 33 heavy (non-hydrogen) atoms. The van der Waals surface area contributed by atoms with E-state index in [1.807, 2.05) is 37.3 Å². The highest BCUT2D eigenvalue weighted by Gasteiger charge is 2.39. The van der Waals surface area contributed by atoms with Crippen LogP contribution in [-0.2, 0) is 0 Å². The predicted octanol–water partition coefficient (Wildman–Crippen LogP) is 3.56. The number of nitrogens with zero attached hydrogens (tertiary/aromatic N) is 5. The van der Waals surface area contributed by atoms with E-state index in [1.165, 1.54) is 0 Å². The number of anilines is 2. The van der Waals surface area contributed by atoms with E-state index in [-0.39, 0.29) is 6.03 Å². The van der Waals surface area contributed by atoms with Crippen molar-refractivity contribution in [1.29, 1.82) is 5.26 Å². The van der Waals surface area contributed by atoms with Crippen LogP contribution in [0, 0.1) is 11.3 Å². The second-order valence-electron chi connectivity index (χ2n) is 9.25. The molecule has 1 N–H and O–H groups in total. The molecule has 2 fully saturated rings. The van der Waals surface area contributed by atoms with Crippen LogP contribution in [0.5, 0.6) is 5.88 Å². The first kappa shape index (κ1) is 22.9. The third kappa shape index (κ3) is 5.20. The van der Waals surface area contributed by atoms with E-state index in [9.17, 15) is 10.1 Å². The van der Waals surface area contributed by atoms with Crippen molar-refractivity contribution >= 4 is 17.4 Å². The number of nitrogens with one attached hydrogen (secondary N) is 1. The second kappa shape index (κ2) is 9.67. The Morgan fingerprint density at radius 3 is 2.61 bits per heavy atom. The summed E-state index contributed by atoms with van der Waals surface area (Å²) in [4.78, 5) is 23.9. The van der Waals surface area contributed by atoms with E-state index < -0.39 is 5.60 Å². The summed E-state index contributed by atoms with van der Waals surface area (Å²) in [7, 11) is 0. The van der Waals surface area contributed by atoms with Gasteiger partial charge in [0.25, 0.3) is 0 Å². The Labute approximate surface area is 195 Å². The zero-order valence-electron chi connectivity index (χ0n) is 19.6. The monoisotopic (exact) mass is 448 g/mol. The van der Waals surface area contributed by atoms with Gasteiger partial charge in [-0.3, -0.25) is 4.90 Å². The molecule has 174 valence electrons. The topological polar surface area (TPSA) is 84.7 Å². The Morgan fingerprint density at radius 1 is 1.15 bits per heavy atom. The number of nitriles is 1. The third-order valence-electron chi connectivity index (χ3n) is 6.49. The number of benzene rings is 1. The highest BCUT2D eigenvalue weighted by atomic mass is 16.5. The van der Waals surface area contributed by atoms with E-state index in [0.29, 0.717) is 42.7 Å². The zero-order chi connectivity index (χ0) is 23.4. The number of para-hydroxylation sites is 1. The molecule has 1 aromatic heterocycles. The lowest BCUT2D eigenvalue weighted by Crippen LogP contribution is -2.49. The summed E-state index contributed by atoms with van der Waals surface area (Å²) >= 11 is 0. The number of likely N-dealkylation sites (tertiary alicyclic amines) is 1. The fourth-order valence-corrected chi connectivity index (χ4v) is 4.54. The van der Waals surface area contributed by atoms with Crippen molar-refractivity contribution in [3.8, 4) is 11.9 Å². The molecule has 8 heteroatoms. The first-order chi connectivity index (χ1) is 15.9. The van der Waals surface area contributed by atoms with Gasteiger partial charge in [-0.15, -0.1) is 0 Å². The van der Waals surface area contributed by atoms with Crippen LogP contribution in [-0.4, -0.2) is 71.7 Å². The summed E-state index contributed by atoms with van der Waals surface area (Å²) < 4.78 is 6.09. The molecule has 0 saturated carbocycles. The van der Waals surface area contributed by atoms with Gasteiger partial charge in [0.05, 0.1) is 23.5 Å². The lowest BCUT2D eigenvalue weighted by atomic mass is 10.1. The van der Waals surface area contributed by atoms with Gasteiger partial charge in [-0.05, 0) is 39.0 Å². The number of rotatable bonds is 5. The number of amides is 2. The normalized spacial score (nSPS) is 21.2. The van der Waals surface area contributed by atoms with E-state index >= 15 is 0 Å². The second-order valence-corrected chi connectivity index (χ2v) is 9.25. The molecule has 2 amide bonds. The van der Waals surface area contributed by atoms with Gasteiger partial charge in [-0.2, -0.15) is 5.26 Å². The van der Waals surface area contributed by atoms with Crippen molar-refractivity contribution < 1.29 is 9.53 Å². The number of urea groups is 1. The molecule has 0 unspecified atom stereocenters. The average Bonchev–Trinajstić information content (AvgIpc) is 3.21. The first-order valence-corrected chi connectivity index (χ1v) is 11.6. The van der Waals surface area contributed by atoms with Crippen LogP contribution in [0.15, 0.2) is 42.6 Å². The fourth-order valence-electron chi connectivity index (χ4n) is 4.54. The van der Waals surface area contributed by atoms with E-state index in [2.05, 4.69) is 40.0 Å². The minimum Gasteiger partial charge on any atom is -0.469 e. The molecule has 2 saturated heterocycles. The van der Waals surface area contributed by atoms with E-state index in [1.54, 1.807) is 17.2 Å². The Kier molecular flexibility index (Phi) is 6.70. The molecule has 2 aliphatic rings. The quantitative estimate of drug-likeness (QED) is 0.753. The van der Waals surface area contributed by atoms with Crippen LogP contribution in [0.3, 0.4) is 0 Å². The van der Waals surface area contributed by atoms with Crippen LogP contribution in [0.4, 0.5) is 16.2 Å². The van der Waals surface area contributed by atoms with Crippen LogP contribution in [0.25, 0.3) is 0 Å². The number of carbonyl (C=O) groups excluding carboxylic acids is 1. The van der Waals surface area contributed by atoms with Crippen LogP contribution in [0.1, 0.15) is 32.8 Å². The van der Waals surface area contributed by atoms with Crippen molar-refractivity contribution in [2.75, 3.05) is 49.5 Å². The maximum Gasteiger partial charge on any atom is 0.322 e.